The minimum atomic E-state index is -1.11. The Hall–Kier alpha value is -1.84. The molecule has 25 heavy (non-hydrogen) atoms. The lowest BCUT2D eigenvalue weighted by molar-refractivity contribution is -0.139. The predicted molar refractivity (Wildman–Crippen MR) is 103 cm³/mol. The van der Waals surface area contributed by atoms with E-state index in [1.165, 1.54) is 6.42 Å². The molecule has 0 bridgehead atoms. The lowest BCUT2D eigenvalue weighted by Crippen LogP contribution is -2.49. The van der Waals surface area contributed by atoms with Gasteiger partial charge in [0.2, 0.25) is 11.8 Å². The van der Waals surface area contributed by atoms with Gasteiger partial charge in [0.15, 0.2) is 0 Å². The molecule has 2 amide bonds. The smallest absolute Gasteiger partial charge is 0.239 e. The van der Waals surface area contributed by atoms with E-state index in [0.29, 0.717) is 0 Å². The third-order valence-corrected chi connectivity index (χ3v) is 5.06. The van der Waals surface area contributed by atoms with Gasteiger partial charge in [0.05, 0.1) is 0 Å². The highest BCUT2D eigenvalue weighted by atomic mass is 16.2. The number of rotatable bonds is 4. The zero-order chi connectivity index (χ0) is 18.7. The Morgan fingerprint density at radius 1 is 0.920 bits per heavy atom. The van der Waals surface area contributed by atoms with Gasteiger partial charge in [0.25, 0.3) is 0 Å². The molecule has 1 aliphatic carbocycles. The molecule has 0 unspecified atom stereocenters. The number of benzene rings is 1. The highest BCUT2D eigenvalue weighted by Crippen LogP contribution is 2.30. The fraction of sp³-hybridized carbons (Fsp3) is 0.619. The molecule has 1 saturated carbocycles. The molecule has 0 saturated heterocycles. The second kappa shape index (κ2) is 7.59. The maximum absolute atomic E-state index is 12.8. The van der Waals surface area contributed by atoms with Crippen molar-refractivity contribution in [3.05, 3.63) is 29.8 Å². The Bertz CT molecular complexity index is 623. The van der Waals surface area contributed by atoms with Crippen molar-refractivity contribution in [3.8, 4) is 0 Å². The number of para-hydroxylation sites is 1. The Balaban J connectivity index is 2.09. The Kier molecular flexibility index (Phi) is 5.91. The fourth-order valence-corrected chi connectivity index (χ4v) is 3.24. The Labute approximate surface area is 151 Å². The normalized spacial score (nSPS) is 16.4. The monoisotopic (exact) mass is 344 g/mol. The van der Waals surface area contributed by atoms with Crippen LogP contribution in [0.2, 0.25) is 0 Å². The lowest BCUT2D eigenvalue weighted by Gasteiger charge is -2.29. The average molecular weight is 344 g/mol. The van der Waals surface area contributed by atoms with E-state index in [0.717, 1.165) is 36.9 Å². The van der Waals surface area contributed by atoms with Crippen LogP contribution in [0.25, 0.3) is 0 Å². The summed E-state index contributed by atoms with van der Waals surface area (Å²) in [5, 5.41) is 6.05. The molecular weight excluding hydrogens is 312 g/mol. The van der Waals surface area contributed by atoms with E-state index < -0.39 is 5.41 Å². The zero-order valence-electron chi connectivity index (χ0n) is 16.2. The molecule has 2 rings (SSSR count). The first-order chi connectivity index (χ1) is 11.6. The number of carbonyl (C=O) groups excluding carboxylic acids is 2. The van der Waals surface area contributed by atoms with Crippen molar-refractivity contribution >= 4 is 17.5 Å². The molecule has 1 fully saturated rings. The summed E-state index contributed by atoms with van der Waals surface area (Å²) in [6.45, 7) is 9.72. The first-order valence-electron chi connectivity index (χ1n) is 9.34. The topological polar surface area (TPSA) is 58.2 Å². The second-order valence-electron chi connectivity index (χ2n) is 8.68. The van der Waals surface area contributed by atoms with Crippen LogP contribution in [0.5, 0.6) is 0 Å². The first-order valence-corrected chi connectivity index (χ1v) is 9.34. The van der Waals surface area contributed by atoms with Crippen molar-refractivity contribution < 1.29 is 9.59 Å². The summed E-state index contributed by atoms with van der Waals surface area (Å²) < 4.78 is 0. The van der Waals surface area contributed by atoms with Crippen LogP contribution < -0.4 is 10.6 Å². The molecule has 4 heteroatoms. The van der Waals surface area contributed by atoms with Crippen molar-refractivity contribution in [2.45, 2.75) is 78.2 Å². The maximum Gasteiger partial charge on any atom is 0.239 e. The van der Waals surface area contributed by atoms with Crippen LogP contribution in [-0.2, 0) is 15.0 Å². The molecule has 1 aliphatic rings. The van der Waals surface area contributed by atoms with E-state index in [-0.39, 0.29) is 23.3 Å². The maximum atomic E-state index is 12.8. The summed E-state index contributed by atoms with van der Waals surface area (Å²) in [7, 11) is 0. The standard InChI is InChI=1S/C21H32N2O2/c1-20(2,3)16-13-9-10-14-17(16)23-19(25)21(4,5)18(24)22-15-11-7-6-8-12-15/h9-10,13-15H,6-8,11-12H2,1-5H3,(H,22,24)(H,23,25). The highest BCUT2D eigenvalue weighted by Gasteiger charge is 2.37. The van der Waals surface area contributed by atoms with Crippen LogP contribution in [-0.4, -0.2) is 17.9 Å². The summed E-state index contributed by atoms with van der Waals surface area (Å²) in [5.41, 5.74) is 0.645. The van der Waals surface area contributed by atoms with Crippen molar-refractivity contribution in [2.24, 2.45) is 5.41 Å². The summed E-state index contributed by atoms with van der Waals surface area (Å²) in [6.07, 6.45) is 5.56. The minimum absolute atomic E-state index is 0.0849. The second-order valence-corrected chi connectivity index (χ2v) is 8.68. The van der Waals surface area contributed by atoms with Crippen LogP contribution in [0.15, 0.2) is 24.3 Å². The van der Waals surface area contributed by atoms with Crippen LogP contribution in [0.4, 0.5) is 5.69 Å². The molecule has 0 radical (unpaired) electrons. The van der Waals surface area contributed by atoms with Crippen LogP contribution in [0.1, 0.15) is 72.3 Å². The molecule has 138 valence electrons. The number of amides is 2. The molecule has 0 heterocycles. The molecule has 1 aromatic carbocycles. The number of hydrogen-bond donors (Lipinski definition) is 2. The van der Waals surface area contributed by atoms with Gasteiger partial charge >= 0.3 is 0 Å². The molecule has 2 N–H and O–H groups in total. The van der Waals surface area contributed by atoms with Gasteiger partial charge in [-0.3, -0.25) is 9.59 Å². The van der Waals surface area contributed by atoms with Crippen molar-refractivity contribution in [2.75, 3.05) is 5.32 Å². The number of carbonyl (C=O) groups is 2. The molecule has 1 aromatic rings. The van der Waals surface area contributed by atoms with Crippen LogP contribution in [0.3, 0.4) is 0 Å². The van der Waals surface area contributed by atoms with Crippen molar-refractivity contribution in [1.82, 2.24) is 5.32 Å². The van der Waals surface area contributed by atoms with E-state index in [2.05, 4.69) is 31.4 Å². The van der Waals surface area contributed by atoms with E-state index in [1.807, 2.05) is 24.3 Å². The Morgan fingerprint density at radius 2 is 1.52 bits per heavy atom. The number of hydrogen-bond acceptors (Lipinski definition) is 2. The zero-order valence-corrected chi connectivity index (χ0v) is 16.2. The van der Waals surface area contributed by atoms with Crippen molar-refractivity contribution in [3.63, 3.8) is 0 Å². The van der Waals surface area contributed by atoms with E-state index >= 15 is 0 Å². The van der Waals surface area contributed by atoms with Crippen molar-refractivity contribution in [1.29, 1.82) is 0 Å². The molecule has 0 spiro atoms. The fourth-order valence-electron chi connectivity index (χ4n) is 3.24. The predicted octanol–water partition coefficient (Wildman–Crippen LogP) is 4.40. The molecule has 0 aromatic heterocycles. The van der Waals surface area contributed by atoms with Gasteiger partial charge in [0.1, 0.15) is 5.41 Å². The Morgan fingerprint density at radius 3 is 2.12 bits per heavy atom. The molecular formula is C21H32N2O2. The molecule has 4 nitrogen and oxygen atoms in total. The van der Waals surface area contributed by atoms with Crippen LogP contribution >= 0.6 is 0 Å². The SMILES string of the molecule is CC(C)(C(=O)Nc1ccccc1C(C)(C)C)C(=O)NC1CCCCC1. The number of anilines is 1. The third kappa shape index (κ3) is 4.83. The van der Waals surface area contributed by atoms with Gasteiger partial charge in [-0.25, -0.2) is 0 Å². The summed E-state index contributed by atoms with van der Waals surface area (Å²) in [4.78, 5) is 25.5. The van der Waals surface area contributed by atoms with Gasteiger partial charge in [-0.1, -0.05) is 58.2 Å². The van der Waals surface area contributed by atoms with Gasteiger partial charge in [-0.2, -0.15) is 0 Å². The van der Waals surface area contributed by atoms with E-state index in [9.17, 15) is 9.59 Å². The molecule has 0 aliphatic heterocycles. The molecule has 0 atom stereocenters. The number of nitrogens with one attached hydrogen (secondary N) is 2. The first kappa shape index (κ1) is 19.5. The summed E-state index contributed by atoms with van der Waals surface area (Å²) >= 11 is 0. The largest absolute Gasteiger partial charge is 0.352 e. The van der Waals surface area contributed by atoms with Gasteiger partial charge < -0.3 is 10.6 Å². The van der Waals surface area contributed by atoms with E-state index in [4.69, 9.17) is 0 Å². The summed E-state index contributed by atoms with van der Waals surface area (Å²) in [6, 6.07) is 7.99. The highest BCUT2D eigenvalue weighted by molar-refractivity contribution is 6.10. The summed E-state index contributed by atoms with van der Waals surface area (Å²) in [5.74, 6) is -0.456. The average Bonchev–Trinajstić information content (AvgIpc) is 2.55. The van der Waals surface area contributed by atoms with Gasteiger partial charge in [-0.15, -0.1) is 0 Å². The van der Waals surface area contributed by atoms with Gasteiger partial charge in [-0.05, 0) is 43.7 Å². The third-order valence-electron chi connectivity index (χ3n) is 5.06. The quantitative estimate of drug-likeness (QED) is 0.796. The lowest BCUT2D eigenvalue weighted by atomic mass is 9.85. The van der Waals surface area contributed by atoms with E-state index in [1.54, 1.807) is 13.8 Å². The van der Waals surface area contributed by atoms with Gasteiger partial charge in [0, 0.05) is 11.7 Å². The van der Waals surface area contributed by atoms with Crippen LogP contribution in [0, 0.1) is 5.41 Å². The minimum Gasteiger partial charge on any atom is -0.352 e.